The molecule has 0 radical (unpaired) electrons. The molecule has 0 fully saturated rings. The number of hydrogen-bond donors (Lipinski definition) is 1. The van der Waals surface area contributed by atoms with E-state index in [1.165, 1.54) is 12.1 Å². The highest BCUT2D eigenvalue weighted by atomic mass is 32.2. The van der Waals surface area contributed by atoms with Gasteiger partial charge in [-0.25, -0.2) is 0 Å². The number of anilines is 2. The van der Waals surface area contributed by atoms with Crippen molar-refractivity contribution in [2.24, 2.45) is 10.4 Å². The molecule has 0 aliphatic heterocycles. The van der Waals surface area contributed by atoms with Gasteiger partial charge in [0.2, 0.25) is 0 Å². The molecular weight excluding hydrogens is 468 g/mol. The fourth-order valence-electron chi connectivity index (χ4n) is 3.45. The summed E-state index contributed by atoms with van der Waals surface area (Å²) in [4.78, 5) is 24.7. The van der Waals surface area contributed by atoms with Gasteiger partial charge in [-0.3, -0.25) is 4.55 Å². The lowest BCUT2D eigenvalue weighted by molar-refractivity contribution is 0.483. The Labute approximate surface area is 206 Å². The third kappa shape index (κ3) is 8.27. The molecule has 0 aliphatic carbocycles. The van der Waals surface area contributed by atoms with E-state index < -0.39 is 10.1 Å². The molecule has 0 aliphatic rings. The Morgan fingerprint density at radius 1 is 0.714 bits per heavy atom. The Balaban J connectivity index is 0.000000283. The van der Waals surface area contributed by atoms with E-state index in [4.69, 9.17) is 4.55 Å². The summed E-state index contributed by atoms with van der Waals surface area (Å²) < 4.78 is 31.5. The number of nitroso groups, excluding NO2 is 2. The number of benzene rings is 3. The third-order valence-electron chi connectivity index (χ3n) is 5.36. The van der Waals surface area contributed by atoms with Crippen LogP contribution < -0.4 is 9.80 Å². The van der Waals surface area contributed by atoms with E-state index in [2.05, 4.69) is 29.1 Å². The predicted molar refractivity (Wildman–Crippen MR) is 140 cm³/mol. The van der Waals surface area contributed by atoms with Crippen LogP contribution in [0.3, 0.4) is 0 Å². The molecule has 3 rings (SSSR count). The molecule has 0 heterocycles. The Hall–Kier alpha value is -3.63. The second-order valence-electron chi connectivity index (χ2n) is 7.52. The van der Waals surface area contributed by atoms with E-state index in [9.17, 15) is 18.2 Å². The van der Waals surface area contributed by atoms with Gasteiger partial charge in [0.15, 0.2) is 0 Å². The van der Waals surface area contributed by atoms with Gasteiger partial charge < -0.3 is 9.80 Å². The van der Waals surface area contributed by atoms with Gasteiger partial charge in [0.25, 0.3) is 10.1 Å². The lowest BCUT2D eigenvalue weighted by Crippen LogP contribution is -2.22. The van der Waals surface area contributed by atoms with Crippen molar-refractivity contribution in [3.05, 3.63) is 88.2 Å². The Bertz CT molecular complexity index is 1200. The van der Waals surface area contributed by atoms with Crippen molar-refractivity contribution >= 4 is 32.9 Å². The summed E-state index contributed by atoms with van der Waals surface area (Å²) >= 11 is 0. The fourth-order valence-corrected chi connectivity index (χ4v) is 4.00. The molecule has 0 saturated heterocycles. The van der Waals surface area contributed by atoms with Gasteiger partial charge in [-0.2, -0.15) is 8.42 Å². The van der Waals surface area contributed by atoms with E-state index in [0.717, 1.165) is 30.0 Å². The minimum Gasteiger partial charge on any atom is -0.372 e. The molecule has 0 spiro atoms. The predicted octanol–water partition coefficient (Wildman–Crippen LogP) is 6.29. The molecule has 0 aromatic heterocycles. The summed E-state index contributed by atoms with van der Waals surface area (Å²) in [6.07, 6.45) is 0. The lowest BCUT2D eigenvalue weighted by atomic mass is 10.2. The Kier molecular flexibility index (Phi) is 10.5. The molecule has 10 heteroatoms. The summed E-state index contributed by atoms with van der Waals surface area (Å²) in [5, 5.41) is 5.71. The van der Waals surface area contributed by atoms with Crippen molar-refractivity contribution in [2.75, 3.05) is 29.4 Å². The zero-order valence-corrected chi connectivity index (χ0v) is 20.9. The highest BCUT2D eigenvalue weighted by Crippen LogP contribution is 2.22. The summed E-state index contributed by atoms with van der Waals surface area (Å²) in [6.45, 7) is 9.32. The second kappa shape index (κ2) is 13.3. The first kappa shape index (κ1) is 27.6. The van der Waals surface area contributed by atoms with Gasteiger partial charge in [0, 0.05) is 37.6 Å². The van der Waals surface area contributed by atoms with Crippen molar-refractivity contribution < 1.29 is 13.0 Å². The topological polar surface area (TPSA) is 120 Å². The molecule has 35 heavy (non-hydrogen) atoms. The van der Waals surface area contributed by atoms with Crippen LogP contribution >= 0.6 is 0 Å². The van der Waals surface area contributed by atoms with E-state index in [0.29, 0.717) is 24.5 Å². The van der Waals surface area contributed by atoms with Crippen LogP contribution in [0.15, 0.2) is 88.0 Å². The first-order chi connectivity index (χ1) is 16.7. The average Bonchev–Trinajstić information content (AvgIpc) is 2.88. The smallest absolute Gasteiger partial charge is 0.294 e. The zero-order chi connectivity index (χ0) is 25.8. The molecule has 0 saturated carbocycles. The maximum absolute atomic E-state index is 11.2. The summed E-state index contributed by atoms with van der Waals surface area (Å²) in [6, 6.07) is 20.3. The lowest BCUT2D eigenvalue weighted by Gasteiger charge is -2.23. The van der Waals surface area contributed by atoms with Crippen LogP contribution in [-0.2, 0) is 16.7 Å². The first-order valence-corrected chi connectivity index (χ1v) is 12.6. The normalized spacial score (nSPS) is 10.6. The van der Waals surface area contributed by atoms with E-state index in [-0.39, 0.29) is 4.90 Å². The molecule has 3 aromatic carbocycles. The molecule has 186 valence electrons. The van der Waals surface area contributed by atoms with Crippen LogP contribution in [0, 0.1) is 9.81 Å². The zero-order valence-electron chi connectivity index (χ0n) is 20.0. The van der Waals surface area contributed by atoms with E-state index in [1.807, 2.05) is 24.0 Å². The highest BCUT2D eigenvalue weighted by molar-refractivity contribution is 7.85. The first-order valence-electron chi connectivity index (χ1n) is 11.2. The number of rotatable bonds is 10. The SMILES string of the molecule is CCN(CC)c1ccc(N=O)cc1.CCN(Cc1cccc(S(=O)(=O)O)c1)c1ccc(N=O)cc1. The third-order valence-corrected chi connectivity index (χ3v) is 6.21. The highest BCUT2D eigenvalue weighted by Gasteiger charge is 2.11. The number of nitrogens with zero attached hydrogens (tertiary/aromatic N) is 4. The summed E-state index contributed by atoms with van der Waals surface area (Å²) in [5.74, 6) is 0. The largest absolute Gasteiger partial charge is 0.372 e. The van der Waals surface area contributed by atoms with Crippen molar-refractivity contribution in [3.63, 3.8) is 0 Å². The second-order valence-corrected chi connectivity index (χ2v) is 8.95. The van der Waals surface area contributed by atoms with E-state index >= 15 is 0 Å². The molecule has 0 unspecified atom stereocenters. The van der Waals surface area contributed by atoms with Crippen molar-refractivity contribution in [3.8, 4) is 0 Å². The molecule has 0 amide bonds. The standard InChI is InChI=1S/C15H16N2O4S.C10H14N2O/c1-2-17(14-8-6-13(16-18)7-9-14)11-12-4-3-5-15(10-12)22(19,20)21;1-3-12(4-2)10-7-5-9(11-13)6-8-10/h3-10H,2,11H2,1H3,(H,19,20,21);5-8H,3-4H2,1-2H3. The Morgan fingerprint density at radius 3 is 1.57 bits per heavy atom. The quantitative estimate of drug-likeness (QED) is 0.258. The van der Waals surface area contributed by atoms with Crippen LogP contribution in [0.1, 0.15) is 26.3 Å². The summed E-state index contributed by atoms with van der Waals surface area (Å²) in [5.41, 5.74) is 3.63. The molecule has 9 nitrogen and oxygen atoms in total. The Morgan fingerprint density at radius 2 is 1.17 bits per heavy atom. The van der Waals surface area contributed by atoms with Gasteiger partial charge in [-0.15, -0.1) is 9.81 Å². The minimum absolute atomic E-state index is 0.124. The molecule has 0 atom stereocenters. The molecule has 1 N–H and O–H groups in total. The van der Waals surface area contributed by atoms with Gasteiger partial charge >= 0.3 is 0 Å². The maximum atomic E-state index is 11.2. The van der Waals surface area contributed by atoms with Crippen LogP contribution in [0.5, 0.6) is 0 Å². The van der Waals surface area contributed by atoms with Crippen molar-refractivity contribution in [2.45, 2.75) is 32.2 Å². The average molecular weight is 499 g/mol. The van der Waals surface area contributed by atoms with Gasteiger partial charge in [-0.1, -0.05) is 12.1 Å². The van der Waals surface area contributed by atoms with Crippen molar-refractivity contribution in [1.29, 1.82) is 0 Å². The van der Waals surface area contributed by atoms with Gasteiger partial charge in [0.1, 0.15) is 11.4 Å². The van der Waals surface area contributed by atoms with Crippen molar-refractivity contribution in [1.82, 2.24) is 0 Å². The van der Waals surface area contributed by atoms with Crippen LogP contribution in [-0.4, -0.2) is 32.6 Å². The van der Waals surface area contributed by atoms with Crippen LogP contribution in [0.4, 0.5) is 22.7 Å². The maximum Gasteiger partial charge on any atom is 0.294 e. The number of hydrogen-bond acceptors (Lipinski definition) is 8. The van der Waals surface area contributed by atoms with Gasteiger partial charge in [0.05, 0.1) is 4.90 Å². The van der Waals surface area contributed by atoms with Crippen LogP contribution in [0.25, 0.3) is 0 Å². The van der Waals surface area contributed by atoms with Crippen LogP contribution in [0.2, 0.25) is 0 Å². The molecule has 0 bridgehead atoms. The summed E-state index contributed by atoms with van der Waals surface area (Å²) in [7, 11) is -4.21. The molecular formula is C25H30N4O5S. The fraction of sp³-hybridized carbons (Fsp3) is 0.280. The van der Waals surface area contributed by atoms with Gasteiger partial charge in [-0.05, 0) is 97.4 Å². The monoisotopic (exact) mass is 498 g/mol. The molecule has 3 aromatic rings. The minimum atomic E-state index is -4.21. The van der Waals surface area contributed by atoms with E-state index in [1.54, 1.807) is 48.5 Å².